The molecule has 4 aromatic carbocycles. The predicted octanol–water partition coefficient (Wildman–Crippen LogP) is 9.08. The lowest BCUT2D eigenvalue weighted by Crippen LogP contribution is -2.22. The fourth-order valence-electron chi connectivity index (χ4n) is 5.40. The van der Waals surface area contributed by atoms with Crippen LogP contribution in [-0.2, 0) is 0 Å². The summed E-state index contributed by atoms with van der Waals surface area (Å²) >= 11 is 3.79. The highest BCUT2D eigenvalue weighted by Gasteiger charge is 2.21. The molecule has 4 rings (SSSR count). The molecule has 0 saturated carbocycles. The van der Waals surface area contributed by atoms with Gasteiger partial charge in [-0.15, -0.1) is 0 Å². The molecule has 3 nitrogen and oxygen atoms in total. The Hall–Kier alpha value is -3.11. The van der Waals surface area contributed by atoms with Gasteiger partial charge in [0.2, 0.25) is 0 Å². The fourth-order valence-corrected chi connectivity index (χ4v) is 5.40. The largest absolute Gasteiger partial charge is 0.385 e. The molecule has 39 heavy (non-hydrogen) atoms. The van der Waals surface area contributed by atoms with Crippen molar-refractivity contribution in [2.45, 2.75) is 47.5 Å². The molecule has 4 aromatic rings. The third kappa shape index (κ3) is 7.30. The van der Waals surface area contributed by atoms with Crippen LogP contribution in [0.2, 0.25) is 0 Å². The minimum Gasteiger partial charge on any atom is -0.385 e. The van der Waals surface area contributed by atoms with Gasteiger partial charge >= 0.3 is 0 Å². The normalized spacial score (nSPS) is 10.8. The molecule has 0 spiro atoms. The van der Waals surface area contributed by atoms with Gasteiger partial charge in [-0.3, -0.25) is 0 Å². The molecule has 0 amide bonds. The summed E-state index contributed by atoms with van der Waals surface area (Å²) in [6.45, 7) is 18.0. The number of rotatable bonds is 11. The van der Waals surface area contributed by atoms with E-state index in [-0.39, 0.29) is 5.92 Å². The molecule has 0 heterocycles. The number of hydrogen-bond acceptors (Lipinski definition) is 4. The minimum absolute atomic E-state index is 0.155. The average Bonchev–Trinajstić information content (AvgIpc) is 2.97. The van der Waals surface area contributed by atoms with Crippen LogP contribution < -0.4 is 15.1 Å². The zero-order chi connectivity index (χ0) is 28.2. The Balaban J connectivity index is 0.00000134. The summed E-state index contributed by atoms with van der Waals surface area (Å²) in [7, 11) is 0. The van der Waals surface area contributed by atoms with E-state index in [0.29, 0.717) is 0 Å². The van der Waals surface area contributed by atoms with Crippen molar-refractivity contribution in [1.29, 1.82) is 0 Å². The number of fused-ring (bicyclic) bond motifs is 1. The Morgan fingerprint density at radius 1 is 0.590 bits per heavy atom. The maximum Gasteiger partial charge on any atom is 0.0419 e. The molecule has 0 aromatic heterocycles. The van der Waals surface area contributed by atoms with E-state index in [4.69, 9.17) is 0 Å². The van der Waals surface area contributed by atoms with Gasteiger partial charge in [0, 0.05) is 61.1 Å². The summed E-state index contributed by atoms with van der Waals surface area (Å²) in [6, 6.07) is 31.8. The molecule has 0 aliphatic carbocycles. The minimum atomic E-state index is 0.155. The molecule has 0 aliphatic rings. The van der Waals surface area contributed by atoms with Crippen LogP contribution in [-0.4, -0.2) is 38.5 Å². The molecule has 1 N–H and O–H groups in total. The molecule has 0 aliphatic heterocycles. The third-order valence-corrected chi connectivity index (χ3v) is 7.35. The van der Waals surface area contributed by atoms with E-state index >= 15 is 0 Å². The number of benzene rings is 4. The summed E-state index contributed by atoms with van der Waals surface area (Å²) in [6.07, 6.45) is 0. The van der Waals surface area contributed by atoms with E-state index in [9.17, 15) is 0 Å². The van der Waals surface area contributed by atoms with Gasteiger partial charge in [-0.25, -0.2) is 0 Å². The second-order valence-corrected chi connectivity index (χ2v) is 10.2. The summed E-state index contributed by atoms with van der Waals surface area (Å²) < 4.78 is 0. The van der Waals surface area contributed by atoms with E-state index in [0.717, 1.165) is 38.5 Å². The quantitative estimate of drug-likeness (QED) is 0.146. The maximum absolute atomic E-state index is 3.79. The van der Waals surface area contributed by atoms with E-state index in [1.807, 2.05) is 6.92 Å². The number of hydrogen-bond donors (Lipinski definition) is 2. The molecule has 0 saturated heterocycles. The van der Waals surface area contributed by atoms with Gasteiger partial charge in [-0.05, 0) is 92.8 Å². The van der Waals surface area contributed by atoms with Crippen molar-refractivity contribution < 1.29 is 0 Å². The third-order valence-electron chi connectivity index (χ3n) is 7.35. The Bertz CT molecular complexity index is 1200. The van der Waals surface area contributed by atoms with Crippen molar-refractivity contribution >= 4 is 40.5 Å². The van der Waals surface area contributed by atoms with Gasteiger partial charge in [0.25, 0.3) is 0 Å². The Morgan fingerprint density at radius 3 is 1.44 bits per heavy atom. The topological polar surface area (TPSA) is 18.5 Å². The highest BCUT2D eigenvalue weighted by Crippen LogP contribution is 2.39. The first-order valence-electron chi connectivity index (χ1n) is 14.6. The van der Waals surface area contributed by atoms with Gasteiger partial charge in [-0.2, -0.15) is 12.6 Å². The van der Waals surface area contributed by atoms with Crippen molar-refractivity contribution in [3.63, 3.8) is 0 Å². The second-order valence-electron chi connectivity index (χ2n) is 9.56. The molecular weight excluding hydrogens is 494 g/mol. The zero-order valence-corrected chi connectivity index (χ0v) is 25.6. The molecule has 208 valence electrons. The fraction of sp³-hybridized carbons (Fsp3) is 0.371. The monoisotopic (exact) mass is 541 g/mol. The van der Waals surface area contributed by atoms with Crippen molar-refractivity contribution in [3.05, 3.63) is 102 Å². The number of nitrogens with zero attached hydrogens (tertiary/aromatic N) is 2. The first-order valence-corrected chi connectivity index (χ1v) is 15.3. The van der Waals surface area contributed by atoms with E-state index in [1.54, 1.807) is 0 Å². The molecule has 0 atom stereocenters. The maximum atomic E-state index is 3.79. The second kappa shape index (κ2) is 15.5. The highest BCUT2D eigenvalue weighted by molar-refractivity contribution is 7.80. The van der Waals surface area contributed by atoms with Crippen LogP contribution in [0.3, 0.4) is 0 Å². The first-order chi connectivity index (χ1) is 19.1. The lowest BCUT2D eigenvalue weighted by Gasteiger charge is -2.26. The van der Waals surface area contributed by atoms with Crippen LogP contribution in [0.4, 0.5) is 17.1 Å². The van der Waals surface area contributed by atoms with Gasteiger partial charge in [0.15, 0.2) is 0 Å². The molecular formula is C35H47N3S. The molecule has 4 heteroatoms. The summed E-state index contributed by atoms with van der Waals surface area (Å²) in [5.74, 6) is 1.10. The van der Waals surface area contributed by atoms with Crippen molar-refractivity contribution in [3.8, 4) is 0 Å². The van der Waals surface area contributed by atoms with Gasteiger partial charge in [0.05, 0.1) is 0 Å². The summed E-state index contributed by atoms with van der Waals surface area (Å²) in [5, 5.41) is 6.14. The molecule has 0 radical (unpaired) electrons. The molecule has 0 unspecified atom stereocenters. The Morgan fingerprint density at radius 2 is 1.03 bits per heavy atom. The molecule has 0 bridgehead atoms. The number of nitrogens with one attached hydrogen (secondary N) is 1. The Kier molecular flexibility index (Phi) is 12.1. The van der Waals surface area contributed by atoms with Crippen LogP contribution in [0, 0.1) is 0 Å². The predicted molar refractivity (Wildman–Crippen MR) is 179 cm³/mol. The van der Waals surface area contributed by atoms with E-state index in [2.05, 4.69) is 147 Å². The van der Waals surface area contributed by atoms with Crippen LogP contribution in [0.25, 0.3) is 10.8 Å². The van der Waals surface area contributed by atoms with Gasteiger partial charge in [-0.1, -0.05) is 61.5 Å². The SMILES string of the molecule is CCNc1ccc(C(c2ccc(N(CC)CC)cc2)c2ccc(N(CC)CC)cc2)c2ccccc12.CCS. The van der Waals surface area contributed by atoms with Crippen molar-refractivity contribution in [2.24, 2.45) is 0 Å². The number of thiol groups is 1. The van der Waals surface area contributed by atoms with Crippen molar-refractivity contribution in [2.75, 3.05) is 53.6 Å². The van der Waals surface area contributed by atoms with E-state index in [1.165, 1.54) is 44.5 Å². The van der Waals surface area contributed by atoms with Crippen LogP contribution in [0.15, 0.2) is 84.9 Å². The van der Waals surface area contributed by atoms with Gasteiger partial charge < -0.3 is 15.1 Å². The summed E-state index contributed by atoms with van der Waals surface area (Å²) in [5.41, 5.74) is 7.76. The van der Waals surface area contributed by atoms with Crippen LogP contribution in [0.5, 0.6) is 0 Å². The smallest absolute Gasteiger partial charge is 0.0419 e. The lowest BCUT2D eigenvalue weighted by atomic mass is 9.82. The Labute approximate surface area is 242 Å². The highest BCUT2D eigenvalue weighted by atomic mass is 32.1. The van der Waals surface area contributed by atoms with E-state index < -0.39 is 0 Å². The van der Waals surface area contributed by atoms with Crippen LogP contribution in [0.1, 0.15) is 64.2 Å². The van der Waals surface area contributed by atoms with Crippen molar-refractivity contribution in [1.82, 2.24) is 0 Å². The van der Waals surface area contributed by atoms with Gasteiger partial charge in [0.1, 0.15) is 0 Å². The average molecular weight is 542 g/mol. The summed E-state index contributed by atoms with van der Waals surface area (Å²) in [4.78, 5) is 4.80. The van der Waals surface area contributed by atoms with Crippen LogP contribution >= 0.6 is 12.6 Å². The lowest BCUT2D eigenvalue weighted by molar-refractivity contribution is 0.863. The number of anilines is 3. The molecule has 0 fully saturated rings. The standard InChI is InChI=1S/C33H41N3.C2H6S/c1-6-34-32-24-23-31(29-13-11-12-14-30(29)32)33(25-15-19-27(20-16-25)35(7-2)8-3)26-17-21-28(22-18-26)36(9-4)10-5;1-2-3/h11-24,33-34H,6-10H2,1-5H3;3H,2H2,1H3. The first kappa shape index (κ1) is 30.4. The zero-order valence-electron chi connectivity index (χ0n) is 24.7.